The SMILES string of the molecule is O=C(O)c1ccc(C(F)(F)F)cc1N(C(=O)Nc1ccccc1)C(F)(F)F. The van der Waals surface area contributed by atoms with E-state index in [2.05, 4.69) is 0 Å². The lowest BCUT2D eigenvalue weighted by molar-refractivity contribution is -0.138. The third kappa shape index (κ3) is 4.68. The number of carbonyl (C=O) groups excluding carboxylic acids is 1. The summed E-state index contributed by atoms with van der Waals surface area (Å²) in [7, 11) is 0. The molecular weight excluding hydrogens is 382 g/mol. The zero-order chi connectivity index (χ0) is 20.4. The van der Waals surface area contributed by atoms with Gasteiger partial charge in [-0.25, -0.2) is 14.5 Å². The normalized spacial score (nSPS) is 11.8. The van der Waals surface area contributed by atoms with Gasteiger partial charge in [-0.2, -0.15) is 13.2 Å². The van der Waals surface area contributed by atoms with E-state index in [9.17, 15) is 35.9 Å². The molecule has 144 valence electrons. The number of anilines is 2. The Morgan fingerprint density at radius 2 is 1.52 bits per heavy atom. The molecule has 2 amide bonds. The lowest BCUT2D eigenvalue weighted by Gasteiger charge is -2.27. The van der Waals surface area contributed by atoms with Crippen molar-refractivity contribution in [2.75, 3.05) is 10.2 Å². The zero-order valence-electron chi connectivity index (χ0n) is 13.1. The summed E-state index contributed by atoms with van der Waals surface area (Å²) in [4.78, 5) is 22.3. The van der Waals surface area contributed by atoms with Gasteiger partial charge in [-0.1, -0.05) is 18.2 Å². The van der Waals surface area contributed by atoms with Crippen molar-refractivity contribution >= 4 is 23.4 Å². The smallest absolute Gasteiger partial charge is 0.478 e. The van der Waals surface area contributed by atoms with Gasteiger partial charge in [0.1, 0.15) is 0 Å². The molecule has 2 rings (SSSR count). The molecule has 0 fully saturated rings. The van der Waals surface area contributed by atoms with Crippen LogP contribution in [0.15, 0.2) is 48.5 Å². The van der Waals surface area contributed by atoms with Crippen LogP contribution in [0.4, 0.5) is 42.5 Å². The number of rotatable bonds is 3. The minimum Gasteiger partial charge on any atom is -0.478 e. The van der Waals surface area contributed by atoms with Crippen LogP contribution >= 0.6 is 0 Å². The van der Waals surface area contributed by atoms with Crippen molar-refractivity contribution in [2.45, 2.75) is 12.5 Å². The van der Waals surface area contributed by atoms with E-state index in [0.717, 1.165) is 0 Å². The standard InChI is InChI=1S/C16H10F6N2O3/c17-15(18,19)9-6-7-11(13(25)26)12(8-9)24(16(20,21)22)14(27)23-10-4-2-1-3-5-10/h1-8H,(H,23,27)(H,25,26). The van der Waals surface area contributed by atoms with Crippen molar-refractivity contribution in [1.29, 1.82) is 0 Å². The van der Waals surface area contributed by atoms with Gasteiger partial charge in [0.05, 0.1) is 16.8 Å². The Kier molecular flexibility index (Phi) is 5.33. The van der Waals surface area contributed by atoms with Crippen molar-refractivity contribution in [2.24, 2.45) is 0 Å². The van der Waals surface area contributed by atoms with Crippen LogP contribution in [0.1, 0.15) is 15.9 Å². The topological polar surface area (TPSA) is 69.6 Å². The van der Waals surface area contributed by atoms with E-state index in [1.54, 1.807) is 0 Å². The van der Waals surface area contributed by atoms with Crippen LogP contribution in [-0.2, 0) is 6.18 Å². The number of urea groups is 1. The zero-order valence-corrected chi connectivity index (χ0v) is 13.1. The summed E-state index contributed by atoms with van der Waals surface area (Å²) < 4.78 is 78.8. The van der Waals surface area contributed by atoms with Gasteiger partial charge in [-0.3, -0.25) is 0 Å². The van der Waals surface area contributed by atoms with E-state index in [0.29, 0.717) is 12.1 Å². The molecule has 2 aromatic rings. The molecule has 0 aliphatic rings. The summed E-state index contributed by atoms with van der Waals surface area (Å²) in [6.45, 7) is 0. The Hall–Kier alpha value is -3.24. The molecule has 0 spiro atoms. The van der Waals surface area contributed by atoms with Gasteiger partial charge in [0.25, 0.3) is 0 Å². The highest BCUT2D eigenvalue weighted by molar-refractivity contribution is 6.06. The van der Waals surface area contributed by atoms with Crippen LogP contribution in [0.3, 0.4) is 0 Å². The third-order valence-electron chi connectivity index (χ3n) is 3.28. The molecule has 2 aromatic carbocycles. The minimum absolute atomic E-state index is 0.0402. The first kappa shape index (κ1) is 20.1. The number of amides is 2. The van der Waals surface area contributed by atoms with E-state index in [1.165, 1.54) is 30.3 Å². The Bertz CT molecular complexity index is 849. The molecule has 0 aromatic heterocycles. The van der Waals surface area contributed by atoms with Gasteiger partial charge in [0.2, 0.25) is 0 Å². The Morgan fingerprint density at radius 3 is 2.00 bits per heavy atom. The van der Waals surface area contributed by atoms with E-state index in [1.807, 2.05) is 5.32 Å². The molecular formula is C16H10F6N2O3. The minimum atomic E-state index is -5.49. The Labute approximate surface area is 147 Å². The highest BCUT2D eigenvalue weighted by Gasteiger charge is 2.45. The number of aromatic carboxylic acids is 1. The summed E-state index contributed by atoms with van der Waals surface area (Å²) in [6, 6.07) is 5.59. The number of benzene rings is 2. The molecule has 0 heterocycles. The average molecular weight is 392 g/mol. The Balaban J connectivity index is 2.59. The van der Waals surface area contributed by atoms with Crippen LogP contribution in [0.2, 0.25) is 0 Å². The van der Waals surface area contributed by atoms with Crippen LogP contribution in [-0.4, -0.2) is 23.4 Å². The highest BCUT2D eigenvalue weighted by atomic mass is 19.4. The number of nitrogens with zero attached hydrogens (tertiary/aromatic N) is 1. The molecule has 0 saturated carbocycles. The third-order valence-corrected chi connectivity index (χ3v) is 3.28. The summed E-state index contributed by atoms with van der Waals surface area (Å²) in [5, 5.41) is 10.9. The number of alkyl halides is 6. The maximum absolute atomic E-state index is 13.4. The summed E-state index contributed by atoms with van der Waals surface area (Å²) in [6.07, 6.45) is -10.5. The average Bonchev–Trinajstić information content (AvgIpc) is 2.53. The molecule has 0 atom stereocenters. The lowest BCUT2D eigenvalue weighted by atomic mass is 10.1. The summed E-state index contributed by atoms with van der Waals surface area (Å²) in [5.41, 5.74) is -4.19. The van der Waals surface area contributed by atoms with Crippen molar-refractivity contribution in [3.05, 3.63) is 59.7 Å². The van der Waals surface area contributed by atoms with E-state index in [4.69, 9.17) is 5.11 Å². The maximum Gasteiger partial charge on any atom is 0.493 e. The molecule has 27 heavy (non-hydrogen) atoms. The largest absolute Gasteiger partial charge is 0.493 e. The molecule has 0 saturated heterocycles. The highest BCUT2D eigenvalue weighted by Crippen LogP contribution is 2.37. The van der Waals surface area contributed by atoms with Crippen molar-refractivity contribution in [3.63, 3.8) is 0 Å². The molecule has 0 radical (unpaired) electrons. The number of halogens is 6. The Morgan fingerprint density at radius 1 is 0.926 bits per heavy atom. The second-order valence-electron chi connectivity index (χ2n) is 5.13. The van der Waals surface area contributed by atoms with Crippen molar-refractivity contribution in [3.8, 4) is 0 Å². The number of carboxylic acids is 1. The molecule has 0 unspecified atom stereocenters. The summed E-state index contributed by atoms with van der Waals surface area (Å²) in [5.74, 6) is -1.93. The van der Waals surface area contributed by atoms with Gasteiger partial charge in [-0.15, -0.1) is 13.2 Å². The van der Waals surface area contributed by atoms with Crippen LogP contribution in [0, 0.1) is 0 Å². The predicted octanol–water partition coefficient (Wildman–Crippen LogP) is 4.96. The second kappa shape index (κ2) is 7.17. The first-order valence-electron chi connectivity index (χ1n) is 7.09. The fourth-order valence-electron chi connectivity index (χ4n) is 2.14. The van der Waals surface area contributed by atoms with Crippen LogP contribution in [0.5, 0.6) is 0 Å². The predicted molar refractivity (Wildman–Crippen MR) is 82.4 cm³/mol. The fourth-order valence-corrected chi connectivity index (χ4v) is 2.14. The number of nitrogens with one attached hydrogen (secondary N) is 1. The van der Waals surface area contributed by atoms with Crippen LogP contribution < -0.4 is 10.2 Å². The quantitative estimate of drug-likeness (QED) is 0.573. The van der Waals surface area contributed by atoms with Gasteiger partial charge in [0.15, 0.2) is 0 Å². The molecule has 0 aliphatic heterocycles. The number of para-hydroxylation sites is 1. The number of carbonyl (C=O) groups is 2. The van der Waals surface area contributed by atoms with Crippen molar-refractivity contribution in [1.82, 2.24) is 0 Å². The lowest BCUT2D eigenvalue weighted by Crippen LogP contribution is -2.46. The molecule has 2 N–H and O–H groups in total. The number of hydrogen-bond acceptors (Lipinski definition) is 2. The molecule has 0 bridgehead atoms. The first-order chi connectivity index (χ1) is 12.4. The van der Waals surface area contributed by atoms with Crippen molar-refractivity contribution < 1.29 is 41.0 Å². The molecule has 0 aliphatic carbocycles. The second-order valence-corrected chi connectivity index (χ2v) is 5.13. The van der Waals surface area contributed by atoms with Gasteiger partial charge in [-0.05, 0) is 30.3 Å². The molecule has 11 heteroatoms. The van der Waals surface area contributed by atoms with Gasteiger partial charge in [0, 0.05) is 5.69 Å². The first-order valence-corrected chi connectivity index (χ1v) is 7.09. The molecule has 5 nitrogen and oxygen atoms in total. The van der Waals surface area contributed by atoms with Gasteiger partial charge >= 0.3 is 24.5 Å². The maximum atomic E-state index is 13.4. The summed E-state index contributed by atoms with van der Waals surface area (Å²) >= 11 is 0. The van der Waals surface area contributed by atoms with Crippen LogP contribution in [0.25, 0.3) is 0 Å². The number of carboxylic acid groups (broad SMARTS) is 1. The number of hydrogen-bond donors (Lipinski definition) is 2. The van der Waals surface area contributed by atoms with E-state index in [-0.39, 0.29) is 11.8 Å². The van der Waals surface area contributed by atoms with Gasteiger partial charge < -0.3 is 10.4 Å². The monoisotopic (exact) mass is 392 g/mol. The van der Waals surface area contributed by atoms with E-state index < -0.39 is 46.2 Å². The van der Waals surface area contributed by atoms with E-state index >= 15 is 0 Å². The fraction of sp³-hybridized carbons (Fsp3) is 0.125.